The maximum Gasteiger partial charge on any atom is 1.00 e. The average molecular weight is 337 g/mol. The third-order valence-electron chi connectivity index (χ3n) is 5.37. The minimum absolute atomic E-state index is 0. The molecule has 0 bridgehead atoms. The molecule has 6 heteroatoms. The van der Waals surface area contributed by atoms with E-state index in [1.165, 1.54) is 18.4 Å². The molecule has 2 saturated heterocycles. The van der Waals surface area contributed by atoms with Crippen LogP contribution in [0.3, 0.4) is 0 Å². The molecular weight excluding hydrogens is 310 g/mol. The molecular formula is C18H27AlLiN2O2. The van der Waals surface area contributed by atoms with Crippen molar-refractivity contribution in [3.8, 4) is 11.5 Å². The van der Waals surface area contributed by atoms with Gasteiger partial charge in [0.25, 0.3) is 5.79 Å². The van der Waals surface area contributed by atoms with Crippen LogP contribution in [-0.4, -0.2) is 54.7 Å². The van der Waals surface area contributed by atoms with Gasteiger partial charge >= 0.3 is 18.9 Å². The smallest absolute Gasteiger partial charge is 1.00 e. The Morgan fingerprint density at radius 2 is 1.88 bits per heavy atom. The van der Waals surface area contributed by atoms with Crippen LogP contribution < -0.4 is 33.7 Å². The summed E-state index contributed by atoms with van der Waals surface area (Å²) in [6.07, 6.45) is 4.37. The summed E-state index contributed by atoms with van der Waals surface area (Å²) in [5.41, 5.74) is 1.33. The molecule has 1 spiro atoms. The zero-order chi connectivity index (χ0) is 15.2. The summed E-state index contributed by atoms with van der Waals surface area (Å²) in [6, 6.07) is 6.94. The number of likely N-dealkylation sites (tertiary alicyclic amines) is 1. The van der Waals surface area contributed by atoms with Gasteiger partial charge in [0, 0.05) is 49.3 Å². The molecule has 3 radical (unpaired) electrons. The predicted molar refractivity (Wildman–Crippen MR) is 93.2 cm³/mol. The normalized spacial score (nSPS) is 28.1. The van der Waals surface area contributed by atoms with Crippen LogP contribution in [0.5, 0.6) is 11.5 Å². The van der Waals surface area contributed by atoms with Crippen molar-refractivity contribution in [2.24, 2.45) is 5.92 Å². The van der Waals surface area contributed by atoms with Gasteiger partial charge in [0.2, 0.25) is 0 Å². The van der Waals surface area contributed by atoms with E-state index in [4.69, 9.17) is 9.47 Å². The number of hydrogen-bond acceptors (Lipinski definition) is 4. The van der Waals surface area contributed by atoms with Crippen molar-refractivity contribution in [3.63, 3.8) is 0 Å². The van der Waals surface area contributed by atoms with E-state index in [2.05, 4.69) is 42.4 Å². The van der Waals surface area contributed by atoms with E-state index >= 15 is 0 Å². The summed E-state index contributed by atoms with van der Waals surface area (Å²) in [6.45, 7) is 5.48. The quantitative estimate of drug-likeness (QED) is 0.712. The number of benzene rings is 1. The fourth-order valence-electron chi connectivity index (χ4n) is 3.77. The van der Waals surface area contributed by atoms with Crippen molar-refractivity contribution in [1.82, 2.24) is 10.2 Å². The number of piperidine rings is 2. The van der Waals surface area contributed by atoms with Crippen molar-refractivity contribution >= 4 is 17.4 Å². The zero-order valence-electron chi connectivity index (χ0n) is 16.2. The fraction of sp³-hybridized carbons (Fsp3) is 0.667. The van der Waals surface area contributed by atoms with Crippen molar-refractivity contribution in [3.05, 3.63) is 23.8 Å². The topological polar surface area (TPSA) is 33.7 Å². The van der Waals surface area contributed by atoms with Gasteiger partial charge in [-0.15, -0.1) is 0 Å². The molecule has 4 nitrogen and oxygen atoms in total. The number of hydrogen-bond donors (Lipinski definition) is 1. The van der Waals surface area contributed by atoms with E-state index in [9.17, 15) is 0 Å². The molecule has 125 valence electrons. The zero-order valence-corrected chi connectivity index (χ0v) is 16.3. The summed E-state index contributed by atoms with van der Waals surface area (Å²) in [7, 11) is 2.16. The van der Waals surface area contributed by atoms with E-state index in [-0.39, 0.29) is 37.6 Å². The molecule has 3 aliphatic rings. The molecule has 1 aromatic rings. The third kappa shape index (κ3) is 3.99. The molecule has 0 unspecified atom stereocenters. The molecule has 0 aromatic heterocycles. The summed E-state index contributed by atoms with van der Waals surface area (Å²) < 4.78 is 12.4. The largest absolute Gasteiger partial charge is 1.00 e. The van der Waals surface area contributed by atoms with Crippen LogP contribution in [0.4, 0.5) is 0 Å². The second-order valence-electron chi connectivity index (χ2n) is 7.27. The van der Waals surface area contributed by atoms with E-state index in [1.54, 1.807) is 0 Å². The molecule has 1 N–H and O–H groups in total. The number of nitrogens with one attached hydrogen (secondary N) is 1. The Labute approximate surface area is 169 Å². The van der Waals surface area contributed by atoms with Gasteiger partial charge < -0.3 is 21.1 Å². The maximum absolute atomic E-state index is 6.26. The average Bonchev–Trinajstić information content (AvgIpc) is 2.88. The van der Waals surface area contributed by atoms with Crippen LogP contribution in [0, 0.1) is 5.92 Å². The van der Waals surface area contributed by atoms with Crippen molar-refractivity contribution < 1.29 is 29.8 Å². The van der Waals surface area contributed by atoms with Gasteiger partial charge in [-0.05, 0) is 50.0 Å². The van der Waals surface area contributed by atoms with Crippen LogP contribution in [0.1, 0.15) is 45.6 Å². The maximum atomic E-state index is 6.26. The van der Waals surface area contributed by atoms with Crippen molar-refractivity contribution in [1.29, 1.82) is 0 Å². The number of nitrogens with zero attached hydrogens (tertiary/aromatic N) is 1. The van der Waals surface area contributed by atoms with Crippen LogP contribution in [-0.2, 0) is 0 Å². The number of fused-ring (bicyclic) bond motifs is 1. The molecule has 0 aliphatic carbocycles. The molecule has 2 atom stereocenters. The number of rotatable bonds is 1. The predicted octanol–water partition coefficient (Wildman–Crippen LogP) is -0.324. The Hall–Kier alpha value is -0.130. The standard InChI is InChI=1S/C18H26N2O2.Al.Li.H/c1-13-3-5-15(19-12-13)14-4-6-16-17(11-14)22-18(21-16)7-9-20(2)10-8-18;;;/h4,6,11,13,15,19H,3,5,7-10,12H2,1-2H3;;;/q;;+1;-1/t13-,15+;;;/m0.../s1. The first kappa shape index (κ1) is 20.2. The molecule has 1 aromatic carbocycles. The SMILES string of the molecule is C[C@H]1CC[C@H](c2ccc3c(c2)OC2(CCN(C)CC2)O3)NC1.[Al].[H-].[Li+]. The molecule has 0 saturated carbocycles. The minimum atomic E-state index is -0.415. The molecule has 0 amide bonds. The van der Waals surface area contributed by atoms with Gasteiger partial charge in [-0.3, -0.25) is 0 Å². The summed E-state index contributed by atoms with van der Waals surface area (Å²) in [4.78, 5) is 2.33. The summed E-state index contributed by atoms with van der Waals surface area (Å²) in [5.74, 6) is 2.22. The molecule has 24 heavy (non-hydrogen) atoms. The first-order valence-electron chi connectivity index (χ1n) is 8.57. The van der Waals surface area contributed by atoms with E-state index in [0.717, 1.165) is 49.9 Å². The van der Waals surface area contributed by atoms with Crippen LogP contribution >= 0.6 is 0 Å². The van der Waals surface area contributed by atoms with Crippen molar-refractivity contribution in [2.45, 2.75) is 44.4 Å². The van der Waals surface area contributed by atoms with Crippen LogP contribution in [0.2, 0.25) is 0 Å². The monoisotopic (exact) mass is 337 g/mol. The van der Waals surface area contributed by atoms with Crippen LogP contribution in [0.15, 0.2) is 18.2 Å². The van der Waals surface area contributed by atoms with E-state index in [1.807, 2.05) is 0 Å². The Morgan fingerprint density at radius 1 is 1.17 bits per heavy atom. The van der Waals surface area contributed by atoms with Gasteiger partial charge in [0.05, 0.1) is 0 Å². The minimum Gasteiger partial charge on any atom is -1.00 e. The van der Waals surface area contributed by atoms with Gasteiger partial charge in [-0.2, -0.15) is 0 Å². The first-order chi connectivity index (χ1) is 10.6. The Kier molecular flexibility index (Phi) is 6.77. The van der Waals surface area contributed by atoms with E-state index < -0.39 is 5.79 Å². The van der Waals surface area contributed by atoms with Gasteiger partial charge in [0.1, 0.15) is 0 Å². The van der Waals surface area contributed by atoms with Gasteiger partial charge in [-0.1, -0.05) is 13.0 Å². The van der Waals surface area contributed by atoms with Crippen molar-refractivity contribution in [2.75, 3.05) is 26.7 Å². The van der Waals surface area contributed by atoms with E-state index in [0.29, 0.717) is 6.04 Å². The second kappa shape index (κ2) is 8.05. The van der Waals surface area contributed by atoms with Gasteiger partial charge in [-0.25, -0.2) is 0 Å². The molecule has 2 fully saturated rings. The fourth-order valence-corrected chi connectivity index (χ4v) is 3.77. The Morgan fingerprint density at radius 3 is 2.54 bits per heavy atom. The first-order valence-corrected chi connectivity index (χ1v) is 8.57. The second-order valence-corrected chi connectivity index (χ2v) is 7.27. The molecule has 4 rings (SSSR count). The summed E-state index contributed by atoms with van der Waals surface area (Å²) >= 11 is 0. The number of ether oxygens (including phenoxy) is 2. The molecule has 3 aliphatic heterocycles. The van der Waals surface area contributed by atoms with Crippen LogP contribution in [0.25, 0.3) is 0 Å². The Balaban J connectivity index is 0.00000104. The Bertz CT molecular complexity index is 562. The third-order valence-corrected chi connectivity index (χ3v) is 5.37. The van der Waals surface area contributed by atoms with Gasteiger partial charge in [0.15, 0.2) is 11.5 Å². The molecule has 3 heterocycles. The summed E-state index contributed by atoms with van der Waals surface area (Å²) in [5, 5.41) is 3.65.